The van der Waals surface area contributed by atoms with Crippen molar-refractivity contribution in [2.24, 2.45) is 7.05 Å². The Balaban J connectivity index is 1.42. The van der Waals surface area contributed by atoms with Gasteiger partial charge in [-0.2, -0.15) is 5.10 Å². The van der Waals surface area contributed by atoms with Gasteiger partial charge in [0.15, 0.2) is 5.78 Å². The largest absolute Gasteiger partial charge is 0.360 e. The summed E-state index contributed by atoms with van der Waals surface area (Å²) in [4.78, 5) is 17.2. The monoisotopic (exact) mass is 482 g/mol. The third kappa shape index (κ3) is 4.92. The Bertz CT molecular complexity index is 1450. The quantitative estimate of drug-likeness (QED) is 0.247. The van der Waals surface area contributed by atoms with Crippen LogP contribution in [0.1, 0.15) is 40.4 Å². The summed E-state index contributed by atoms with van der Waals surface area (Å²) in [5, 5.41) is 9.43. The molecule has 2 aromatic heterocycles. The van der Waals surface area contributed by atoms with Gasteiger partial charge in [0.2, 0.25) is 0 Å². The lowest BCUT2D eigenvalue weighted by Gasteiger charge is -2.21. The number of H-pyrrole nitrogens is 1. The van der Waals surface area contributed by atoms with Gasteiger partial charge in [-0.1, -0.05) is 73.1 Å². The first-order valence-electron chi connectivity index (χ1n) is 11.7. The van der Waals surface area contributed by atoms with Gasteiger partial charge in [-0.05, 0) is 40.8 Å². The molecule has 0 saturated heterocycles. The number of Topliss-reactive ketones (excluding diaryl/α,β-unsaturated/α-hetero) is 1. The lowest BCUT2D eigenvalue weighted by molar-refractivity contribution is 0.0944. The second-order valence-electron chi connectivity index (χ2n) is 8.93. The van der Waals surface area contributed by atoms with E-state index in [0.29, 0.717) is 12.1 Å². The van der Waals surface area contributed by atoms with Crippen molar-refractivity contribution in [1.29, 1.82) is 0 Å². The summed E-state index contributed by atoms with van der Waals surface area (Å²) >= 11 is 6.05. The maximum absolute atomic E-state index is 13.9. The van der Waals surface area contributed by atoms with E-state index in [-0.39, 0.29) is 11.7 Å². The molecule has 0 aliphatic heterocycles. The topological polar surface area (TPSA) is 62.7 Å². The number of hydrogen-bond acceptors (Lipinski definition) is 3. The predicted octanol–water partition coefficient (Wildman–Crippen LogP) is 6.54. The van der Waals surface area contributed by atoms with Crippen LogP contribution in [0.3, 0.4) is 0 Å². The lowest BCUT2D eigenvalue weighted by atomic mass is 9.95. The Morgan fingerprint density at radius 1 is 1.03 bits per heavy atom. The van der Waals surface area contributed by atoms with Crippen LogP contribution in [0.2, 0.25) is 5.02 Å². The smallest absolute Gasteiger partial charge is 0.186 e. The first-order valence-corrected chi connectivity index (χ1v) is 12.1. The molecule has 35 heavy (non-hydrogen) atoms. The maximum Gasteiger partial charge on any atom is 0.186 e. The first-order chi connectivity index (χ1) is 17.0. The van der Waals surface area contributed by atoms with Gasteiger partial charge in [0.1, 0.15) is 0 Å². The molecule has 0 unspecified atom stereocenters. The summed E-state index contributed by atoms with van der Waals surface area (Å²) in [5.41, 5.74) is 5.82. The van der Waals surface area contributed by atoms with E-state index in [4.69, 9.17) is 11.6 Å². The maximum atomic E-state index is 13.9. The van der Waals surface area contributed by atoms with Gasteiger partial charge in [0, 0.05) is 53.0 Å². The number of carbonyl (C=O) groups excluding carboxylic acids is 1. The Morgan fingerprint density at radius 2 is 1.80 bits per heavy atom. The van der Waals surface area contributed by atoms with Crippen molar-refractivity contribution >= 4 is 28.3 Å². The van der Waals surface area contributed by atoms with Crippen LogP contribution in [0, 0.1) is 0 Å². The van der Waals surface area contributed by atoms with Crippen LogP contribution < -0.4 is 5.32 Å². The standard InChI is InChI=1S/C29H27ClN4O/c1-19(20-8-11-24(30)12-9-20)15-32-28(21-6-4-3-5-7-21)29(35)26-17-31-27-14-22(10-13-25(26)27)23-16-33-34(2)18-23/h3-14,16-19,28,31-32H,15H2,1-2H3/t19-,28-/m0/s1. The van der Waals surface area contributed by atoms with Crippen LogP contribution in [0.25, 0.3) is 22.0 Å². The molecule has 2 heterocycles. The number of benzene rings is 3. The zero-order chi connectivity index (χ0) is 24.4. The molecule has 0 fully saturated rings. The molecule has 2 atom stereocenters. The fourth-order valence-corrected chi connectivity index (χ4v) is 4.57. The lowest BCUT2D eigenvalue weighted by Crippen LogP contribution is -2.31. The second kappa shape index (κ2) is 9.90. The van der Waals surface area contributed by atoms with Crippen LogP contribution in [0.4, 0.5) is 0 Å². The zero-order valence-corrected chi connectivity index (χ0v) is 20.5. The van der Waals surface area contributed by atoms with Crippen LogP contribution in [0.5, 0.6) is 0 Å². The molecule has 0 aliphatic carbocycles. The number of aryl methyl sites for hydroxylation is 1. The second-order valence-corrected chi connectivity index (χ2v) is 9.37. The third-order valence-corrected chi connectivity index (χ3v) is 6.70. The number of carbonyl (C=O) groups is 1. The number of nitrogens with zero attached hydrogens (tertiary/aromatic N) is 2. The number of aromatic nitrogens is 3. The number of rotatable bonds is 8. The molecule has 176 valence electrons. The highest BCUT2D eigenvalue weighted by Crippen LogP contribution is 2.29. The van der Waals surface area contributed by atoms with Crippen LogP contribution in [-0.4, -0.2) is 27.1 Å². The van der Waals surface area contributed by atoms with Gasteiger partial charge >= 0.3 is 0 Å². The Hall–Kier alpha value is -3.67. The van der Waals surface area contributed by atoms with E-state index in [2.05, 4.69) is 28.4 Å². The third-order valence-electron chi connectivity index (χ3n) is 6.45. The van der Waals surface area contributed by atoms with Gasteiger partial charge in [-0.25, -0.2) is 0 Å². The Kier molecular flexibility index (Phi) is 6.53. The molecule has 0 aliphatic rings. The zero-order valence-electron chi connectivity index (χ0n) is 19.7. The summed E-state index contributed by atoms with van der Waals surface area (Å²) < 4.78 is 1.78. The minimum atomic E-state index is -0.456. The molecule has 0 bridgehead atoms. The molecule has 6 heteroatoms. The molecule has 0 amide bonds. The van der Waals surface area contributed by atoms with Crippen molar-refractivity contribution in [3.63, 3.8) is 0 Å². The average Bonchev–Trinajstić information content (AvgIpc) is 3.51. The van der Waals surface area contributed by atoms with E-state index in [1.165, 1.54) is 5.56 Å². The van der Waals surface area contributed by atoms with Gasteiger partial charge in [0.25, 0.3) is 0 Å². The van der Waals surface area contributed by atoms with E-state index in [0.717, 1.165) is 32.6 Å². The van der Waals surface area contributed by atoms with E-state index in [1.807, 2.05) is 92.4 Å². The number of hydrogen-bond donors (Lipinski definition) is 2. The Morgan fingerprint density at radius 3 is 2.51 bits per heavy atom. The molecular formula is C29H27ClN4O. The molecule has 0 radical (unpaired) electrons. The van der Waals surface area contributed by atoms with Crippen molar-refractivity contribution in [3.8, 4) is 11.1 Å². The Labute approximate surface area is 209 Å². The highest BCUT2D eigenvalue weighted by Gasteiger charge is 2.25. The molecule has 5 rings (SSSR count). The predicted molar refractivity (Wildman–Crippen MR) is 142 cm³/mol. The molecule has 0 spiro atoms. The number of nitrogens with one attached hydrogen (secondary N) is 2. The van der Waals surface area contributed by atoms with E-state index < -0.39 is 6.04 Å². The van der Waals surface area contributed by atoms with Crippen molar-refractivity contribution < 1.29 is 4.79 Å². The SMILES string of the molecule is C[C@@H](CN[C@H](C(=O)c1c[nH]c2cc(-c3cnn(C)c3)ccc12)c1ccccc1)c1ccc(Cl)cc1. The number of aromatic amines is 1. The summed E-state index contributed by atoms with van der Waals surface area (Å²) in [5.74, 6) is 0.260. The normalized spacial score (nSPS) is 13.1. The number of ketones is 1. The fraction of sp³-hybridized carbons (Fsp3) is 0.172. The van der Waals surface area contributed by atoms with E-state index >= 15 is 0 Å². The minimum absolute atomic E-state index is 0.0416. The van der Waals surface area contributed by atoms with Crippen LogP contribution >= 0.6 is 11.6 Å². The average molecular weight is 483 g/mol. The van der Waals surface area contributed by atoms with Gasteiger partial charge in [-0.3, -0.25) is 9.48 Å². The van der Waals surface area contributed by atoms with Crippen LogP contribution in [-0.2, 0) is 7.05 Å². The van der Waals surface area contributed by atoms with Crippen LogP contribution in [0.15, 0.2) is 91.4 Å². The van der Waals surface area contributed by atoms with Crippen molar-refractivity contribution in [3.05, 3.63) is 113 Å². The van der Waals surface area contributed by atoms with E-state index in [1.54, 1.807) is 4.68 Å². The summed E-state index contributed by atoms with van der Waals surface area (Å²) in [7, 11) is 1.90. The minimum Gasteiger partial charge on any atom is -0.360 e. The van der Waals surface area contributed by atoms with Crippen molar-refractivity contribution in [1.82, 2.24) is 20.1 Å². The summed E-state index contributed by atoms with van der Waals surface area (Å²) in [6, 6.07) is 23.4. The molecule has 0 saturated carbocycles. The molecular weight excluding hydrogens is 456 g/mol. The highest BCUT2D eigenvalue weighted by molar-refractivity contribution is 6.30. The molecule has 3 aromatic carbocycles. The highest BCUT2D eigenvalue weighted by atomic mass is 35.5. The fourth-order valence-electron chi connectivity index (χ4n) is 4.45. The summed E-state index contributed by atoms with van der Waals surface area (Å²) in [6.07, 6.45) is 5.64. The van der Waals surface area contributed by atoms with Crippen molar-refractivity contribution in [2.75, 3.05) is 6.54 Å². The first kappa shape index (κ1) is 23.1. The van der Waals surface area contributed by atoms with E-state index in [9.17, 15) is 4.79 Å². The van der Waals surface area contributed by atoms with Crippen molar-refractivity contribution in [2.45, 2.75) is 18.9 Å². The summed E-state index contributed by atoms with van der Waals surface area (Å²) in [6.45, 7) is 2.80. The molecule has 2 N–H and O–H groups in total. The number of fused-ring (bicyclic) bond motifs is 1. The molecule has 5 aromatic rings. The van der Waals surface area contributed by atoms with Gasteiger partial charge < -0.3 is 10.3 Å². The van der Waals surface area contributed by atoms with Gasteiger partial charge in [0.05, 0.1) is 12.2 Å². The molecule has 5 nitrogen and oxygen atoms in total. The number of halogens is 1. The van der Waals surface area contributed by atoms with Gasteiger partial charge in [-0.15, -0.1) is 0 Å².